The van der Waals surface area contributed by atoms with Crippen LogP contribution in [0, 0.1) is 5.41 Å². The normalized spacial score (nSPS) is 22.8. The summed E-state index contributed by atoms with van der Waals surface area (Å²) >= 11 is 0.951. The van der Waals surface area contributed by atoms with E-state index in [2.05, 4.69) is 97.0 Å². The van der Waals surface area contributed by atoms with Crippen LogP contribution in [0.2, 0.25) is 0 Å². The van der Waals surface area contributed by atoms with E-state index in [-0.39, 0.29) is 138 Å². The molecule has 13 amide bonds. The molecule has 5 saturated heterocycles. The molecule has 7 unspecified atom stereocenters. The van der Waals surface area contributed by atoms with Crippen LogP contribution in [0.1, 0.15) is 114 Å². The van der Waals surface area contributed by atoms with E-state index < -0.39 is 137 Å². The van der Waals surface area contributed by atoms with Crippen LogP contribution < -0.4 is 102 Å². The number of phenolic OH excluding ortho intramolecular Hbond substituents is 1. The third-order valence-corrected chi connectivity index (χ3v) is 20.1. The molecule has 7 rings (SSSR count). The van der Waals surface area contributed by atoms with E-state index >= 15 is 0 Å². The summed E-state index contributed by atoms with van der Waals surface area (Å²) in [5.74, 6) is -10.4. The number of carbonyl (C=O) groups excluding carboxylic acids is 13. The molecule has 0 saturated carbocycles. The third kappa shape index (κ3) is 33.3. The summed E-state index contributed by atoms with van der Waals surface area (Å²) in [6.07, 6.45) is 0.595. The number of aliphatic imine (C=N–C) groups is 1. The van der Waals surface area contributed by atoms with Gasteiger partial charge in [0.15, 0.2) is 5.96 Å². The molecule has 0 radical (unpaired) electrons. The molecular weight excluding hydrogens is 1450 g/mol. The lowest BCUT2D eigenvalue weighted by molar-refractivity contribution is -0.141. The minimum absolute atomic E-state index is 0.0148. The Morgan fingerprint density at radius 2 is 1.13 bits per heavy atom. The highest BCUT2D eigenvalue weighted by Gasteiger charge is 2.40. The van der Waals surface area contributed by atoms with E-state index in [1.54, 1.807) is 42.5 Å². The second kappa shape index (κ2) is 47.5. The smallest absolute Gasteiger partial charge is 0.305 e. The molecule has 2 bridgehead atoms. The van der Waals surface area contributed by atoms with Crippen molar-refractivity contribution in [2.45, 2.75) is 163 Å². The fraction of sp³-hybridized carbons (Fsp3) is 0.625. The second-order valence-corrected chi connectivity index (χ2v) is 29.7. The monoisotopic (exact) mass is 1560 g/mol. The molecule has 0 aromatic heterocycles. The maximum atomic E-state index is 14.2. The summed E-state index contributed by atoms with van der Waals surface area (Å²) in [6.45, 7) is 10.0. The molecule has 37 nitrogen and oxygen atoms in total. The van der Waals surface area contributed by atoms with Crippen LogP contribution in [0.5, 0.6) is 5.75 Å². The molecule has 0 spiro atoms. The van der Waals surface area contributed by atoms with Crippen molar-refractivity contribution in [2.75, 3.05) is 117 Å². The molecule has 608 valence electrons. The van der Waals surface area contributed by atoms with Crippen molar-refractivity contribution >= 4 is 100 Å². The van der Waals surface area contributed by atoms with Gasteiger partial charge in [0, 0.05) is 161 Å². The number of phenols is 1. The zero-order valence-corrected chi connectivity index (χ0v) is 63.4. The Balaban J connectivity index is 0.920. The van der Waals surface area contributed by atoms with E-state index in [1.165, 1.54) is 12.1 Å². The highest BCUT2D eigenvalue weighted by Crippen LogP contribution is 2.26. The van der Waals surface area contributed by atoms with Crippen LogP contribution in [0.15, 0.2) is 59.6 Å². The van der Waals surface area contributed by atoms with Crippen LogP contribution in [0.3, 0.4) is 0 Å². The minimum Gasteiger partial charge on any atom is -0.508 e. The van der Waals surface area contributed by atoms with E-state index in [4.69, 9.17) is 17.2 Å². The number of hydrogen-bond donors (Lipinski definition) is 21. The van der Waals surface area contributed by atoms with Crippen LogP contribution >= 0.6 is 11.8 Å². The highest BCUT2D eigenvalue weighted by atomic mass is 32.2. The van der Waals surface area contributed by atoms with Crippen LogP contribution in [-0.4, -0.2) is 268 Å². The number of carbonyl (C=O) groups is 14. The van der Waals surface area contributed by atoms with Crippen molar-refractivity contribution in [1.29, 1.82) is 0 Å². The number of imide groups is 1. The second-order valence-electron chi connectivity index (χ2n) is 28.4. The summed E-state index contributed by atoms with van der Waals surface area (Å²) in [4.78, 5) is 191. The number of carboxylic acids is 1. The van der Waals surface area contributed by atoms with Gasteiger partial charge in [-0.1, -0.05) is 55.8 Å². The quantitative estimate of drug-likeness (QED) is 0.0131. The van der Waals surface area contributed by atoms with Gasteiger partial charge >= 0.3 is 5.97 Å². The number of thioether (sulfide) groups is 1. The first-order valence-electron chi connectivity index (χ1n) is 37.7. The van der Waals surface area contributed by atoms with E-state index in [0.717, 1.165) is 55.9 Å². The maximum absolute atomic E-state index is 14.2. The van der Waals surface area contributed by atoms with Gasteiger partial charge in [-0.3, -0.25) is 77.0 Å². The number of fused-ring (bicyclic) bond motifs is 15. The first kappa shape index (κ1) is 89.3. The van der Waals surface area contributed by atoms with Crippen molar-refractivity contribution in [2.24, 2.45) is 27.6 Å². The Bertz CT molecular complexity index is 3400. The first-order valence-corrected chi connectivity index (χ1v) is 38.7. The number of nitrogens with zero attached hydrogens (tertiary/aromatic N) is 2. The van der Waals surface area contributed by atoms with Crippen LogP contribution in [-0.2, 0) is 80.0 Å². The van der Waals surface area contributed by atoms with Crippen LogP contribution in [0.4, 0.5) is 0 Å². The number of benzene rings is 2. The van der Waals surface area contributed by atoms with Gasteiger partial charge < -0.3 is 112 Å². The zero-order chi connectivity index (χ0) is 79.9. The average molecular weight is 1560 g/mol. The standard InChI is InChI=1S/C72H113N21O16S/c1-71-40-76-27-30-79-43-72(44-80-31-28-77-41-71,45-81-32-29-78-42-71)92-59(98)18-10-17-58(97)86-51(35-47-19-21-48(94)22-20-47)65(105)83-25-8-3-6-16-57(96)88-54(63(73)103)39-110-55-37-61(100)93(69(55)109)33-23-56(95)82-24-9-7-14-50-66(106)89-49(15-11-26-84-70(74)75)64(104)85-38-60(99)87-53(36-62(101)102)68(108)91-52(67(107)90-50)34-46-12-4-2-5-13-46/h2,4-5,12-13,19-22,49-55,76-81,94H,3,6-11,14-18,23-45H2,1H3,(H2,73,103)(H,82,95)(H,83,105)(H,85,104)(H,86,97)(H,87,99)(H,88,96)(H,89,106)(H,90,107)(H,91,108)(H,92,98)(H,101,102)(H4,74,75,84). The first-order chi connectivity index (χ1) is 52.7. The largest absolute Gasteiger partial charge is 0.508 e. The average Bonchev–Trinajstić information content (AvgIpc) is 1.76. The van der Waals surface area contributed by atoms with Gasteiger partial charge in [-0.25, -0.2) is 0 Å². The Morgan fingerprint density at radius 1 is 0.582 bits per heavy atom. The number of nitrogens with one attached hydrogen (secondary N) is 16. The molecule has 7 atom stereocenters. The summed E-state index contributed by atoms with van der Waals surface area (Å²) in [5, 5.41) is 66.7. The van der Waals surface area contributed by atoms with Crippen molar-refractivity contribution in [3.8, 4) is 5.75 Å². The Morgan fingerprint density at radius 3 is 1.75 bits per heavy atom. The van der Waals surface area contributed by atoms with Gasteiger partial charge in [0.05, 0.1) is 23.8 Å². The number of likely N-dealkylation sites (tertiary alicyclic amines) is 1. The third-order valence-electron chi connectivity index (χ3n) is 18.8. The topological polar surface area (TPSA) is 566 Å². The molecule has 110 heavy (non-hydrogen) atoms. The van der Waals surface area contributed by atoms with Crippen molar-refractivity contribution in [3.63, 3.8) is 0 Å². The number of amides is 13. The Labute approximate surface area is 644 Å². The number of primary amides is 1. The number of unbranched alkanes of at least 4 members (excludes halogenated alkanes) is 3. The van der Waals surface area contributed by atoms with Crippen molar-refractivity contribution < 1.29 is 77.3 Å². The molecule has 5 heterocycles. The Kier molecular flexibility index (Phi) is 38.5. The predicted octanol–water partition coefficient (Wildman–Crippen LogP) is -5.96. The summed E-state index contributed by atoms with van der Waals surface area (Å²) in [7, 11) is 0. The number of rotatable bonds is 36. The molecule has 2 aromatic carbocycles. The number of hydrogen-bond acceptors (Lipinski definition) is 23. The van der Waals surface area contributed by atoms with Gasteiger partial charge in [-0.15, -0.1) is 11.8 Å². The zero-order valence-electron chi connectivity index (χ0n) is 62.6. The minimum atomic E-state index is -1.67. The number of carboxylic acid groups (broad SMARTS) is 1. The number of nitrogens with two attached hydrogens (primary N) is 3. The molecule has 24 N–H and O–H groups in total. The molecule has 2 aromatic rings. The lowest BCUT2D eigenvalue weighted by Crippen LogP contribution is -2.66. The number of aromatic hydroxyl groups is 1. The lowest BCUT2D eigenvalue weighted by Gasteiger charge is -2.37. The molecule has 0 aliphatic carbocycles. The predicted molar refractivity (Wildman–Crippen MR) is 408 cm³/mol. The molecule has 5 aliphatic rings. The van der Waals surface area contributed by atoms with Gasteiger partial charge in [0.1, 0.15) is 42.0 Å². The maximum Gasteiger partial charge on any atom is 0.305 e. The fourth-order valence-electron chi connectivity index (χ4n) is 12.8. The summed E-state index contributed by atoms with van der Waals surface area (Å²) in [6, 6.07) is 6.80. The molecule has 5 aliphatic heterocycles. The Hall–Kier alpha value is -9.60. The highest BCUT2D eigenvalue weighted by molar-refractivity contribution is 8.00. The number of guanidine groups is 1. The molecular formula is C72H113N21O16S. The van der Waals surface area contributed by atoms with E-state index in [0.29, 0.717) is 69.7 Å². The van der Waals surface area contributed by atoms with Crippen molar-refractivity contribution in [3.05, 3.63) is 65.7 Å². The van der Waals surface area contributed by atoms with Gasteiger partial charge in [0.2, 0.25) is 76.8 Å². The lowest BCUT2D eigenvalue weighted by atomic mass is 9.90. The van der Waals surface area contributed by atoms with Gasteiger partial charge in [-0.05, 0) is 74.6 Å². The van der Waals surface area contributed by atoms with Gasteiger partial charge in [0.25, 0.3) is 0 Å². The summed E-state index contributed by atoms with van der Waals surface area (Å²) < 4.78 is 0. The van der Waals surface area contributed by atoms with Crippen molar-refractivity contribution in [1.82, 2.24) is 90.0 Å². The fourth-order valence-corrected chi connectivity index (χ4v) is 14.0. The molecule has 38 heteroatoms. The van der Waals surface area contributed by atoms with Gasteiger partial charge in [-0.2, -0.15) is 0 Å². The summed E-state index contributed by atoms with van der Waals surface area (Å²) in [5.41, 5.74) is 17.2. The SMILES string of the molecule is CC12CNCCNCC(NC(=O)CCCC(=O)NC(Cc3ccc(O)cc3)C(=O)NCCCCCC(=O)NC(CSC3CC(=O)N(CCC(=O)NCCCCC4NC(=O)C(Cc5ccccc5)NC(=O)C(CC(=O)O)NC(=O)CNC(=O)C(CCCN=C(N)N)NC4=O)C3=O)C(N)=O)(CNCCNC1)CNCCNC2. The van der Waals surface area contributed by atoms with Crippen LogP contribution in [0.25, 0.3) is 0 Å². The molecule has 5 fully saturated rings. The van der Waals surface area contributed by atoms with E-state index in [9.17, 15) is 77.3 Å². The number of aliphatic carboxylic acids is 1. The van der Waals surface area contributed by atoms with E-state index in [1.807, 2.05) is 0 Å².